The molecule has 0 saturated carbocycles. The predicted octanol–water partition coefficient (Wildman–Crippen LogP) is 4.98. The number of hydrogen-bond acceptors (Lipinski definition) is 5. The van der Waals surface area contributed by atoms with E-state index in [1.54, 1.807) is 67.6 Å². The normalized spacial score (nSPS) is 10.4. The Morgan fingerprint density at radius 2 is 1.85 bits per heavy atom. The van der Waals surface area contributed by atoms with Gasteiger partial charge in [0, 0.05) is 16.8 Å². The van der Waals surface area contributed by atoms with Crippen molar-refractivity contribution in [1.82, 2.24) is 9.78 Å². The first-order valence-corrected chi connectivity index (χ1v) is 10.4. The molecule has 0 atom stereocenters. The van der Waals surface area contributed by atoms with Crippen LogP contribution in [0, 0.1) is 17.1 Å². The fourth-order valence-corrected chi connectivity index (χ4v) is 3.39. The van der Waals surface area contributed by atoms with E-state index in [1.165, 1.54) is 22.9 Å². The highest BCUT2D eigenvalue weighted by Gasteiger charge is 2.19. The third-order valence-corrected chi connectivity index (χ3v) is 4.94. The lowest BCUT2D eigenvalue weighted by Gasteiger charge is -2.11. The van der Waals surface area contributed by atoms with Crippen molar-refractivity contribution in [1.29, 1.82) is 5.26 Å². The average Bonchev–Trinajstić information content (AvgIpc) is 3.30. The molecule has 0 aliphatic rings. The number of amides is 1. The first kappa shape index (κ1) is 22.4. The molecule has 1 aromatic heterocycles. The van der Waals surface area contributed by atoms with Crippen molar-refractivity contribution in [3.63, 3.8) is 0 Å². The van der Waals surface area contributed by atoms with Crippen LogP contribution in [0.5, 0.6) is 0 Å². The summed E-state index contributed by atoms with van der Waals surface area (Å²) < 4.78 is 21.0. The van der Waals surface area contributed by atoms with Crippen LogP contribution in [-0.2, 0) is 4.74 Å². The highest BCUT2D eigenvalue weighted by Crippen LogP contribution is 2.28. The van der Waals surface area contributed by atoms with Crippen LogP contribution in [0.3, 0.4) is 0 Å². The van der Waals surface area contributed by atoms with Crippen LogP contribution >= 0.6 is 0 Å². The smallest absolute Gasteiger partial charge is 0.358 e. The minimum atomic E-state index is -0.624. The summed E-state index contributed by atoms with van der Waals surface area (Å²) in [7, 11) is 0. The van der Waals surface area contributed by atoms with Crippen molar-refractivity contribution >= 4 is 17.6 Å². The fraction of sp³-hybridized carbons (Fsp3) is 0.0769. The summed E-state index contributed by atoms with van der Waals surface area (Å²) in [5, 5.41) is 16.1. The third-order valence-electron chi connectivity index (χ3n) is 4.94. The molecule has 0 spiro atoms. The predicted molar refractivity (Wildman–Crippen MR) is 124 cm³/mol. The molecule has 0 bridgehead atoms. The number of carbonyl (C=O) groups excluding carboxylic acids is 2. The molecule has 34 heavy (non-hydrogen) atoms. The molecule has 3 aromatic carbocycles. The lowest BCUT2D eigenvalue weighted by atomic mass is 10.1. The van der Waals surface area contributed by atoms with Gasteiger partial charge in [0.1, 0.15) is 11.5 Å². The summed E-state index contributed by atoms with van der Waals surface area (Å²) in [4.78, 5) is 25.0. The van der Waals surface area contributed by atoms with Gasteiger partial charge in [-0.1, -0.05) is 30.3 Å². The Kier molecular flexibility index (Phi) is 6.46. The van der Waals surface area contributed by atoms with Crippen LogP contribution in [0.2, 0.25) is 0 Å². The molecule has 7 nitrogen and oxygen atoms in total. The molecular weight excluding hydrogens is 435 g/mol. The van der Waals surface area contributed by atoms with Gasteiger partial charge in [-0.2, -0.15) is 10.4 Å². The van der Waals surface area contributed by atoms with E-state index in [0.717, 1.165) is 0 Å². The second-order valence-corrected chi connectivity index (χ2v) is 7.23. The molecule has 0 unspecified atom stereocenters. The van der Waals surface area contributed by atoms with Gasteiger partial charge in [-0.3, -0.25) is 4.79 Å². The molecule has 168 valence electrons. The molecule has 4 rings (SSSR count). The van der Waals surface area contributed by atoms with Crippen LogP contribution in [-0.4, -0.2) is 28.3 Å². The third kappa shape index (κ3) is 4.69. The Morgan fingerprint density at radius 1 is 1.06 bits per heavy atom. The first-order valence-electron chi connectivity index (χ1n) is 10.4. The van der Waals surface area contributed by atoms with E-state index >= 15 is 0 Å². The maximum absolute atomic E-state index is 14.6. The number of halogens is 1. The number of hydrogen-bond donors (Lipinski definition) is 1. The number of carbonyl (C=O) groups is 2. The summed E-state index contributed by atoms with van der Waals surface area (Å²) in [6.07, 6.45) is 0. The average molecular weight is 454 g/mol. The van der Waals surface area contributed by atoms with Gasteiger partial charge in [0.2, 0.25) is 0 Å². The van der Waals surface area contributed by atoms with E-state index in [1.807, 2.05) is 6.07 Å². The number of rotatable bonds is 6. The van der Waals surface area contributed by atoms with Crippen LogP contribution in [0.4, 0.5) is 10.1 Å². The number of para-hydroxylation sites is 1. The zero-order valence-corrected chi connectivity index (χ0v) is 18.2. The van der Waals surface area contributed by atoms with Crippen LogP contribution in [0.15, 0.2) is 78.9 Å². The number of nitriles is 1. The van der Waals surface area contributed by atoms with Gasteiger partial charge in [-0.15, -0.1) is 0 Å². The minimum Gasteiger partial charge on any atom is -0.461 e. The lowest BCUT2D eigenvalue weighted by Crippen LogP contribution is -2.12. The topological polar surface area (TPSA) is 97.0 Å². The number of esters is 1. The largest absolute Gasteiger partial charge is 0.461 e. The van der Waals surface area contributed by atoms with Gasteiger partial charge in [-0.05, 0) is 55.5 Å². The van der Waals surface area contributed by atoms with Gasteiger partial charge >= 0.3 is 5.97 Å². The van der Waals surface area contributed by atoms with Crippen LogP contribution in [0.1, 0.15) is 33.3 Å². The molecular formula is C26H19FN4O3. The van der Waals surface area contributed by atoms with E-state index in [0.29, 0.717) is 28.1 Å². The number of aromatic nitrogens is 2. The number of anilines is 1. The molecule has 0 aliphatic heterocycles. The molecule has 1 amide bonds. The van der Waals surface area contributed by atoms with Crippen molar-refractivity contribution in [2.75, 3.05) is 11.9 Å². The maximum Gasteiger partial charge on any atom is 0.358 e. The second-order valence-electron chi connectivity index (χ2n) is 7.23. The quantitative estimate of drug-likeness (QED) is 0.415. The molecule has 0 aliphatic carbocycles. The number of nitrogens with one attached hydrogen (secondary N) is 1. The van der Waals surface area contributed by atoms with Crippen molar-refractivity contribution < 1.29 is 18.7 Å². The van der Waals surface area contributed by atoms with E-state index in [-0.39, 0.29) is 23.9 Å². The van der Waals surface area contributed by atoms with Crippen molar-refractivity contribution in [2.24, 2.45) is 0 Å². The zero-order valence-electron chi connectivity index (χ0n) is 18.2. The number of benzene rings is 3. The Labute approximate surface area is 195 Å². The Morgan fingerprint density at radius 3 is 2.62 bits per heavy atom. The Hall–Kier alpha value is -4.77. The standard InChI is InChI=1S/C26H19FN4O3/c1-2-34-26(33)22-15-24(31(30-22)23-12-4-3-11-21(23)27)18-8-6-10-20(14-18)29-25(32)19-9-5-7-17(13-19)16-28/h3-15H,2H2,1H3,(H,29,32). The SMILES string of the molecule is CCOC(=O)c1cc(-c2cccc(NC(=O)c3cccc(C#N)c3)c2)n(-c2ccccc2F)n1. The van der Waals surface area contributed by atoms with E-state index in [4.69, 9.17) is 10.00 Å². The van der Waals surface area contributed by atoms with Crippen molar-refractivity contribution in [2.45, 2.75) is 6.92 Å². The molecule has 4 aromatic rings. The van der Waals surface area contributed by atoms with Gasteiger partial charge in [0.05, 0.1) is 23.9 Å². The molecule has 0 saturated heterocycles. The monoisotopic (exact) mass is 454 g/mol. The number of nitrogens with zero attached hydrogens (tertiary/aromatic N) is 3. The van der Waals surface area contributed by atoms with E-state index < -0.39 is 11.8 Å². The summed E-state index contributed by atoms with van der Waals surface area (Å²) in [6, 6.07) is 22.8. The number of ether oxygens (including phenoxy) is 1. The second kappa shape index (κ2) is 9.79. The van der Waals surface area contributed by atoms with E-state index in [2.05, 4.69) is 10.4 Å². The highest BCUT2D eigenvalue weighted by molar-refractivity contribution is 6.04. The van der Waals surface area contributed by atoms with Crippen LogP contribution in [0.25, 0.3) is 16.9 Å². The highest BCUT2D eigenvalue weighted by atomic mass is 19.1. The fourth-order valence-electron chi connectivity index (χ4n) is 3.39. The lowest BCUT2D eigenvalue weighted by molar-refractivity contribution is 0.0518. The Balaban J connectivity index is 1.72. The van der Waals surface area contributed by atoms with Gasteiger partial charge in [0.15, 0.2) is 5.69 Å². The molecule has 1 N–H and O–H groups in total. The summed E-state index contributed by atoms with van der Waals surface area (Å²) in [5.74, 6) is -1.52. The Bertz CT molecular complexity index is 1420. The summed E-state index contributed by atoms with van der Waals surface area (Å²) >= 11 is 0. The molecule has 0 radical (unpaired) electrons. The summed E-state index contributed by atoms with van der Waals surface area (Å²) in [5.41, 5.74) is 2.42. The van der Waals surface area contributed by atoms with Crippen molar-refractivity contribution in [3.05, 3.63) is 102 Å². The zero-order chi connectivity index (χ0) is 24.1. The minimum absolute atomic E-state index is 0.0304. The van der Waals surface area contributed by atoms with Crippen LogP contribution < -0.4 is 5.32 Å². The maximum atomic E-state index is 14.6. The summed E-state index contributed by atoms with van der Waals surface area (Å²) in [6.45, 7) is 1.86. The van der Waals surface area contributed by atoms with E-state index in [9.17, 15) is 14.0 Å². The van der Waals surface area contributed by atoms with Gasteiger partial charge in [-0.25, -0.2) is 13.9 Å². The first-order chi connectivity index (χ1) is 16.5. The van der Waals surface area contributed by atoms with Gasteiger partial charge in [0.25, 0.3) is 5.91 Å². The molecule has 8 heteroatoms. The molecule has 0 fully saturated rings. The van der Waals surface area contributed by atoms with Crippen molar-refractivity contribution in [3.8, 4) is 23.0 Å². The molecule has 1 heterocycles. The van der Waals surface area contributed by atoms with Gasteiger partial charge < -0.3 is 10.1 Å².